The number of aliphatic hydroxyl groups is 1. The Bertz CT molecular complexity index is 361. The third-order valence-corrected chi connectivity index (χ3v) is 3.29. The number of hydrogen-bond acceptors (Lipinski definition) is 4. The van der Waals surface area contributed by atoms with Crippen molar-refractivity contribution >= 4 is 0 Å². The van der Waals surface area contributed by atoms with Crippen LogP contribution in [0.15, 0.2) is 24.5 Å². The molecule has 1 rings (SSSR count). The zero-order valence-electron chi connectivity index (χ0n) is 12.5. The summed E-state index contributed by atoms with van der Waals surface area (Å²) in [5.41, 5.74) is 6.68. The number of likely N-dealkylation sites (N-methyl/N-ethyl adjacent to an activating group) is 1. The first kappa shape index (κ1) is 16.1. The van der Waals surface area contributed by atoms with Crippen molar-refractivity contribution in [2.75, 3.05) is 13.1 Å². The molecule has 0 amide bonds. The Morgan fingerprint density at radius 3 is 2.53 bits per heavy atom. The molecule has 0 aliphatic carbocycles. The maximum Gasteiger partial charge on any atom is 0.0718 e. The molecular weight excluding hydrogens is 238 g/mol. The molecule has 0 bridgehead atoms. The molecule has 0 aliphatic heterocycles. The van der Waals surface area contributed by atoms with Crippen LogP contribution in [0, 0.1) is 0 Å². The van der Waals surface area contributed by atoms with E-state index >= 15 is 0 Å². The SMILES string of the molecule is CCC(N)C(c1cccnc1)N(CC)CC(C)(C)O. The first-order valence-electron chi connectivity index (χ1n) is 7.01. The van der Waals surface area contributed by atoms with Gasteiger partial charge < -0.3 is 10.8 Å². The predicted octanol–water partition coefficient (Wildman–Crippen LogP) is 1.95. The lowest BCUT2D eigenvalue weighted by molar-refractivity contribution is 0.0174. The van der Waals surface area contributed by atoms with E-state index in [-0.39, 0.29) is 12.1 Å². The highest BCUT2D eigenvalue weighted by atomic mass is 16.3. The van der Waals surface area contributed by atoms with Crippen molar-refractivity contribution in [3.63, 3.8) is 0 Å². The van der Waals surface area contributed by atoms with Gasteiger partial charge in [0, 0.05) is 25.0 Å². The molecule has 2 unspecified atom stereocenters. The molecule has 4 nitrogen and oxygen atoms in total. The topological polar surface area (TPSA) is 62.4 Å². The molecule has 3 N–H and O–H groups in total. The summed E-state index contributed by atoms with van der Waals surface area (Å²) in [6.07, 6.45) is 4.53. The van der Waals surface area contributed by atoms with E-state index < -0.39 is 5.60 Å². The fraction of sp³-hybridized carbons (Fsp3) is 0.667. The Labute approximate surface area is 116 Å². The second-order valence-corrected chi connectivity index (χ2v) is 5.68. The average Bonchev–Trinajstić information content (AvgIpc) is 2.37. The minimum absolute atomic E-state index is 0.0338. The lowest BCUT2D eigenvalue weighted by Crippen LogP contribution is -2.46. The summed E-state index contributed by atoms with van der Waals surface area (Å²) in [5.74, 6) is 0. The van der Waals surface area contributed by atoms with Gasteiger partial charge in [0.05, 0.1) is 11.6 Å². The van der Waals surface area contributed by atoms with Crippen molar-refractivity contribution in [1.29, 1.82) is 0 Å². The Balaban J connectivity index is 3.02. The average molecular weight is 265 g/mol. The van der Waals surface area contributed by atoms with E-state index in [2.05, 4.69) is 29.8 Å². The summed E-state index contributed by atoms with van der Waals surface area (Å²) in [4.78, 5) is 6.42. The van der Waals surface area contributed by atoms with E-state index in [0.717, 1.165) is 18.5 Å². The predicted molar refractivity (Wildman–Crippen MR) is 78.8 cm³/mol. The lowest BCUT2D eigenvalue weighted by atomic mass is 9.96. The molecule has 0 fully saturated rings. The number of nitrogens with zero attached hydrogens (tertiary/aromatic N) is 2. The number of rotatable bonds is 7. The van der Waals surface area contributed by atoms with Gasteiger partial charge in [-0.3, -0.25) is 9.88 Å². The molecule has 4 heteroatoms. The van der Waals surface area contributed by atoms with Crippen molar-refractivity contribution in [1.82, 2.24) is 9.88 Å². The van der Waals surface area contributed by atoms with Crippen LogP contribution in [0.5, 0.6) is 0 Å². The number of pyridine rings is 1. The van der Waals surface area contributed by atoms with E-state index in [9.17, 15) is 5.11 Å². The molecule has 1 aromatic heterocycles. The van der Waals surface area contributed by atoms with Gasteiger partial charge >= 0.3 is 0 Å². The molecule has 0 aromatic carbocycles. The third kappa shape index (κ3) is 4.90. The number of hydrogen-bond donors (Lipinski definition) is 2. The molecule has 0 saturated heterocycles. The lowest BCUT2D eigenvalue weighted by Gasteiger charge is -2.38. The molecule has 0 aliphatic rings. The van der Waals surface area contributed by atoms with Crippen LogP contribution in [0.25, 0.3) is 0 Å². The fourth-order valence-electron chi connectivity index (χ4n) is 2.41. The molecule has 2 atom stereocenters. The van der Waals surface area contributed by atoms with E-state index in [1.165, 1.54) is 0 Å². The molecule has 0 radical (unpaired) electrons. The third-order valence-electron chi connectivity index (χ3n) is 3.29. The summed E-state index contributed by atoms with van der Waals surface area (Å²) < 4.78 is 0. The monoisotopic (exact) mass is 265 g/mol. The van der Waals surface area contributed by atoms with Gasteiger partial charge in [-0.15, -0.1) is 0 Å². The molecular formula is C15H27N3O. The van der Waals surface area contributed by atoms with Crippen LogP contribution >= 0.6 is 0 Å². The van der Waals surface area contributed by atoms with Gasteiger partial charge in [0.2, 0.25) is 0 Å². The van der Waals surface area contributed by atoms with Gasteiger partial charge in [-0.1, -0.05) is 19.9 Å². The van der Waals surface area contributed by atoms with Gasteiger partial charge in [-0.05, 0) is 38.4 Å². The first-order chi connectivity index (χ1) is 8.89. The van der Waals surface area contributed by atoms with Gasteiger partial charge in [0.1, 0.15) is 0 Å². The van der Waals surface area contributed by atoms with Crippen molar-refractivity contribution in [3.8, 4) is 0 Å². The molecule has 108 valence electrons. The van der Waals surface area contributed by atoms with Crippen LogP contribution in [0.3, 0.4) is 0 Å². The highest BCUT2D eigenvalue weighted by Gasteiger charge is 2.28. The van der Waals surface area contributed by atoms with Crippen molar-refractivity contribution in [2.45, 2.75) is 51.8 Å². The molecule has 1 heterocycles. The maximum atomic E-state index is 10.1. The van der Waals surface area contributed by atoms with Gasteiger partial charge in [0.25, 0.3) is 0 Å². The van der Waals surface area contributed by atoms with Crippen molar-refractivity contribution in [3.05, 3.63) is 30.1 Å². The van der Waals surface area contributed by atoms with E-state index in [1.807, 2.05) is 26.1 Å². The highest BCUT2D eigenvalue weighted by Crippen LogP contribution is 2.25. The molecule has 19 heavy (non-hydrogen) atoms. The smallest absolute Gasteiger partial charge is 0.0718 e. The van der Waals surface area contributed by atoms with Crippen molar-refractivity contribution < 1.29 is 5.11 Å². The maximum absolute atomic E-state index is 10.1. The second kappa shape index (κ2) is 6.98. The van der Waals surface area contributed by atoms with Gasteiger partial charge in [-0.2, -0.15) is 0 Å². The Hall–Kier alpha value is -0.970. The Kier molecular flexibility index (Phi) is 5.91. The summed E-state index contributed by atoms with van der Waals surface area (Å²) >= 11 is 0. The quantitative estimate of drug-likeness (QED) is 0.791. The van der Waals surface area contributed by atoms with Crippen LogP contribution in [0.2, 0.25) is 0 Å². The second-order valence-electron chi connectivity index (χ2n) is 5.68. The van der Waals surface area contributed by atoms with Gasteiger partial charge in [-0.25, -0.2) is 0 Å². The minimum atomic E-state index is -0.732. The first-order valence-corrected chi connectivity index (χ1v) is 7.01. The fourth-order valence-corrected chi connectivity index (χ4v) is 2.41. The summed E-state index contributed by atoms with van der Waals surface area (Å²) in [5, 5.41) is 10.1. The van der Waals surface area contributed by atoms with E-state index in [4.69, 9.17) is 5.73 Å². The number of aromatic nitrogens is 1. The zero-order valence-corrected chi connectivity index (χ0v) is 12.5. The highest BCUT2D eigenvalue weighted by molar-refractivity contribution is 5.16. The summed E-state index contributed by atoms with van der Waals surface area (Å²) in [7, 11) is 0. The van der Waals surface area contributed by atoms with Crippen LogP contribution in [0.1, 0.15) is 45.7 Å². The minimum Gasteiger partial charge on any atom is -0.389 e. The van der Waals surface area contributed by atoms with Crippen LogP contribution < -0.4 is 5.73 Å². The summed E-state index contributed by atoms with van der Waals surface area (Å²) in [6, 6.07) is 4.12. The van der Waals surface area contributed by atoms with E-state index in [0.29, 0.717) is 6.54 Å². The van der Waals surface area contributed by atoms with Crippen LogP contribution in [0.4, 0.5) is 0 Å². The van der Waals surface area contributed by atoms with Crippen molar-refractivity contribution in [2.24, 2.45) is 5.73 Å². The standard InChI is InChI=1S/C15H27N3O/c1-5-13(16)14(12-8-7-9-17-10-12)18(6-2)11-15(3,4)19/h7-10,13-14,19H,5-6,11,16H2,1-4H3. The molecule has 0 spiro atoms. The van der Waals surface area contributed by atoms with Crippen LogP contribution in [-0.4, -0.2) is 39.7 Å². The summed E-state index contributed by atoms with van der Waals surface area (Å²) in [6.45, 7) is 9.28. The van der Waals surface area contributed by atoms with E-state index in [1.54, 1.807) is 6.20 Å². The largest absolute Gasteiger partial charge is 0.389 e. The number of nitrogens with two attached hydrogens (primary N) is 1. The van der Waals surface area contributed by atoms with Crippen LogP contribution in [-0.2, 0) is 0 Å². The molecule has 0 saturated carbocycles. The molecule has 1 aromatic rings. The Morgan fingerprint density at radius 2 is 2.11 bits per heavy atom. The normalized spacial score (nSPS) is 15.5. The Morgan fingerprint density at radius 1 is 1.42 bits per heavy atom. The van der Waals surface area contributed by atoms with Gasteiger partial charge in [0.15, 0.2) is 0 Å². The zero-order chi connectivity index (χ0) is 14.5.